The molecule has 0 fully saturated rings. The molecule has 2 atom stereocenters. The zero-order valence-corrected chi connectivity index (χ0v) is 18.4. The Balaban J connectivity index is 2.13. The summed E-state index contributed by atoms with van der Waals surface area (Å²) in [6, 6.07) is 14.3. The Hall–Kier alpha value is -3.35. The molecule has 7 heteroatoms. The molecule has 31 heavy (non-hydrogen) atoms. The number of hydrogen-bond acceptors (Lipinski definition) is 5. The molecule has 0 spiro atoms. The van der Waals surface area contributed by atoms with E-state index in [4.69, 9.17) is 9.47 Å². The van der Waals surface area contributed by atoms with Crippen molar-refractivity contribution in [1.29, 1.82) is 0 Å². The number of benzene rings is 2. The van der Waals surface area contributed by atoms with Crippen molar-refractivity contribution in [2.24, 2.45) is 5.92 Å². The van der Waals surface area contributed by atoms with E-state index in [2.05, 4.69) is 10.6 Å². The minimum atomic E-state index is -0.854. The summed E-state index contributed by atoms with van der Waals surface area (Å²) in [5.41, 5.74) is 1.30. The van der Waals surface area contributed by atoms with Crippen LogP contribution in [0.15, 0.2) is 54.6 Å². The number of rotatable bonds is 10. The van der Waals surface area contributed by atoms with Gasteiger partial charge in [0.2, 0.25) is 5.91 Å². The fourth-order valence-electron chi connectivity index (χ4n) is 3.14. The van der Waals surface area contributed by atoms with Crippen LogP contribution in [0.5, 0.6) is 5.75 Å². The fourth-order valence-corrected chi connectivity index (χ4v) is 3.14. The zero-order valence-electron chi connectivity index (χ0n) is 18.4. The van der Waals surface area contributed by atoms with Crippen molar-refractivity contribution in [1.82, 2.24) is 10.6 Å². The van der Waals surface area contributed by atoms with Crippen LogP contribution in [-0.4, -0.2) is 44.1 Å². The van der Waals surface area contributed by atoms with Gasteiger partial charge in [-0.3, -0.25) is 9.59 Å². The summed E-state index contributed by atoms with van der Waals surface area (Å²) in [7, 11) is 2.83. The highest BCUT2D eigenvalue weighted by atomic mass is 16.5. The summed E-state index contributed by atoms with van der Waals surface area (Å²) >= 11 is 0. The minimum Gasteiger partial charge on any atom is -0.497 e. The van der Waals surface area contributed by atoms with Crippen LogP contribution in [0.25, 0.3) is 0 Å². The first-order valence-corrected chi connectivity index (χ1v) is 10.2. The molecule has 2 aromatic carbocycles. The van der Waals surface area contributed by atoms with Gasteiger partial charge in [0, 0.05) is 12.0 Å². The number of carbonyl (C=O) groups excluding carboxylic acids is 3. The van der Waals surface area contributed by atoms with Crippen LogP contribution in [-0.2, 0) is 20.7 Å². The second-order valence-corrected chi connectivity index (χ2v) is 7.66. The number of carbonyl (C=O) groups is 3. The number of esters is 1. The monoisotopic (exact) mass is 426 g/mol. The van der Waals surface area contributed by atoms with Crippen molar-refractivity contribution in [3.05, 3.63) is 65.7 Å². The highest BCUT2D eigenvalue weighted by Crippen LogP contribution is 2.13. The topological polar surface area (TPSA) is 93.7 Å². The first-order valence-electron chi connectivity index (χ1n) is 10.2. The third-order valence-electron chi connectivity index (χ3n) is 4.77. The first-order chi connectivity index (χ1) is 14.8. The average Bonchev–Trinajstić information content (AvgIpc) is 2.78. The lowest BCUT2D eigenvalue weighted by Crippen LogP contribution is -2.52. The number of nitrogens with one attached hydrogen (secondary N) is 2. The molecule has 0 aliphatic rings. The molecular weight excluding hydrogens is 396 g/mol. The molecule has 0 aliphatic heterocycles. The van der Waals surface area contributed by atoms with Crippen LogP contribution in [0.2, 0.25) is 0 Å². The number of hydrogen-bond donors (Lipinski definition) is 2. The Bertz CT molecular complexity index is 865. The summed E-state index contributed by atoms with van der Waals surface area (Å²) in [5, 5.41) is 5.53. The third-order valence-corrected chi connectivity index (χ3v) is 4.77. The maximum absolute atomic E-state index is 13.0. The Morgan fingerprint density at radius 1 is 0.871 bits per heavy atom. The molecule has 0 saturated carbocycles. The van der Waals surface area contributed by atoms with Crippen LogP contribution in [0.4, 0.5) is 0 Å². The SMILES string of the molecule is COC(=O)[C@@H](Cc1ccccc1)NC(=O)[C@@H](CC(C)C)NC(=O)c1ccc(OC)cc1. The molecule has 2 rings (SSSR count). The van der Waals surface area contributed by atoms with Crippen LogP contribution < -0.4 is 15.4 Å². The smallest absolute Gasteiger partial charge is 0.328 e. The lowest BCUT2D eigenvalue weighted by Gasteiger charge is -2.23. The molecule has 0 heterocycles. The van der Waals surface area contributed by atoms with Gasteiger partial charge in [-0.15, -0.1) is 0 Å². The van der Waals surface area contributed by atoms with Crippen LogP contribution in [0.1, 0.15) is 36.2 Å². The van der Waals surface area contributed by atoms with E-state index in [-0.39, 0.29) is 11.8 Å². The van der Waals surface area contributed by atoms with Gasteiger partial charge in [-0.25, -0.2) is 4.79 Å². The number of ether oxygens (including phenoxy) is 2. The molecule has 166 valence electrons. The van der Waals surface area contributed by atoms with Crippen molar-refractivity contribution in [3.63, 3.8) is 0 Å². The summed E-state index contributed by atoms with van der Waals surface area (Å²) in [6.45, 7) is 3.92. The second-order valence-electron chi connectivity index (χ2n) is 7.66. The van der Waals surface area contributed by atoms with Crippen molar-refractivity contribution in [2.45, 2.75) is 38.8 Å². The van der Waals surface area contributed by atoms with Gasteiger partial charge >= 0.3 is 5.97 Å². The van der Waals surface area contributed by atoms with E-state index in [1.807, 2.05) is 44.2 Å². The van der Waals surface area contributed by atoms with Crippen molar-refractivity contribution >= 4 is 17.8 Å². The maximum Gasteiger partial charge on any atom is 0.328 e. The van der Waals surface area contributed by atoms with Gasteiger partial charge in [0.15, 0.2) is 0 Å². The summed E-state index contributed by atoms with van der Waals surface area (Å²) in [6.07, 6.45) is 0.715. The molecule has 2 N–H and O–H groups in total. The van der Waals surface area contributed by atoms with Gasteiger partial charge in [-0.2, -0.15) is 0 Å². The van der Waals surface area contributed by atoms with E-state index >= 15 is 0 Å². The van der Waals surface area contributed by atoms with Crippen molar-refractivity contribution < 1.29 is 23.9 Å². The second kappa shape index (κ2) is 11.7. The Morgan fingerprint density at radius 3 is 2.06 bits per heavy atom. The summed E-state index contributed by atoms with van der Waals surface area (Å²) in [4.78, 5) is 38.0. The summed E-state index contributed by atoms with van der Waals surface area (Å²) in [5.74, 6) is -0.558. The third kappa shape index (κ3) is 7.44. The summed E-state index contributed by atoms with van der Waals surface area (Å²) < 4.78 is 9.97. The molecule has 0 aromatic heterocycles. The average molecular weight is 427 g/mol. The lowest BCUT2D eigenvalue weighted by atomic mass is 10.0. The van der Waals surface area contributed by atoms with E-state index in [1.165, 1.54) is 7.11 Å². The van der Waals surface area contributed by atoms with E-state index in [1.54, 1.807) is 31.4 Å². The molecule has 2 aromatic rings. The Morgan fingerprint density at radius 2 is 1.52 bits per heavy atom. The quantitative estimate of drug-likeness (QED) is 0.570. The van der Waals surface area contributed by atoms with E-state index in [9.17, 15) is 14.4 Å². The standard InChI is InChI=1S/C24H30N2O5/c1-16(2)14-20(25-22(27)18-10-12-19(30-3)13-11-18)23(28)26-21(24(29)31-4)15-17-8-6-5-7-9-17/h5-13,16,20-21H,14-15H2,1-4H3,(H,25,27)(H,26,28)/t20-,21-/m1/s1. The van der Waals surface area contributed by atoms with Crippen molar-refractivity contribution in [2.75, 3.05) is 14.2 Å². The minimum absolute atomic E-state index is 0.151. The highest BCUT2D eigenvalue weighted by Gasteiger charge is 2.28. The molecule has 0 unspecified atom stereocenters. The van der Waals surface area contributed by atoms with Gasteiger partial charge in [0.25, 0.3) is 5.91 Å². The normalized spacial score (nSPS) is 12.5. The molecule has 0 radical (unpaired) electrons. The predicted octanol–water partition coefficient (Wildman–Crippen LogP) is 2.74. The van der Waals surface area contributed by atoms with Gasteiger partial charge in [0.1, 0.15) is 17.8 Å². The van der Waals surface area contributed by atoms with Gasteiger partial charge in [-0.05, 0) is 42.2 Å². The molecule has 0 aliphatic carbocycles. The van der Waals surface area contributed by atoms with Crippen LogP contribution >= 0.6 is 0 Å². The van der Waals surface area contributed by atoms with Gasteiger partial charge in [0.05, 0.1) is 14.2 Å². The van der Waals surface area contributed by atoms with Crippen LogP contribution in [0.3, 0.4) is 0 Å². The number of amides is 2. The Labute approximate surface area is 183 Å². The fraction of sp³-hybridized carbons (Fsp3) is 0.375. The molecule has 0 saturated heterocycles. The lowest BCUT2D eigenvalue weighted by molar-refractivity contribution is -0.145. The predicted molar refractivity (Wildman–Crippen MR) is 118 cm³/mol. The molecule has 7 nitrogen and oxygen atoms in total. The largest absolute Gasteiger partial charge is 0.497 e. The van der Waals surface area contributed by atoms with E-state index < -0.39 is 24.0 Å². The zero-order chi connectivity index (χ0) is 22.8. The highest BCUT2D eigenvalue weighted by molar-refractivity contribution is 5.98. The number of methoxy groups -OCH3 is 2. The van der Waals surface area contributed by atoms with Crippen LogP contribution in [0, 0.1) is 5.92 Å². The molecule has 0 bridgehead atoms. The maximum atomic E-state index is 13.0. The Kier molecular flexibility index (Phi) is 9.06. The molecular formula is C24H30N2O5. The molecule has 2 amide bonds. The first kappa shape index (κ1) is 23.9. The van der Waals surface area contributed by atoms with E-state index in [0.29, 0.717) is 24.2 Å². The van der Waals surface area contributed by atoms with Gasteiger partial charge in [-0.1, -0.05) is 44.2 Å². The van der Waals surface area contributed by atoms with Gasteiger partial charge < -0.3 is 20.1 Å². The van der Waals surface area contributed by atoms with E-state index in [0.717, 1.165) is 5.56 Å². The van der Waals surface area contributed by atoms with Crippen molar-refractivity contribution in [3.8, 4) is 5.75 Å².